The van der Waals surface area contributed by atoms with Crippen molar-refractivity contribution in [2.45, 2.75) is 24.2 Å². The lowest BCUT2D eigenvalue weighted by Crippen LogP contribution is -1.90. The van der Waals surface area contributed by atoms with Crippen LogP contribution in [0.25, 0.3) is 0 Å². The molecule has 0 saturated heterocycles. The third kappa shape index (κ3) is 2.71. The molecule has 74 valence electrons. The number of nitrogens with zero attached hydrogens (tertiary/aromatic N) is 1. The summed E-state index contributed by atoms with van der Waals surface area (Å²) in [4.78, 5) is 0.526. The van der Waals surface area contributed by atoms with E-state index in [1.807, 2.05) is 6.07 Å². The average molecular weight is 213 g/mol. The predicted octanol–water partition coefficient (Wildman–Crippen LogP) is 3.37. The van der Waals surface area contributed by atoms with E-state index in [9.17, 15) is 8.78 Å². The van der Waals surface area contributed by atoms with Gasteiger partial charge in [0, 0.05) is 16.9 Å². The van der Waals surface area contributed by atoms with Crippen molar-refractivity contribution in [1.82, 2.24) is 0 Å². The highest BCUT2D eigenvalue weighted by molar-refractivity contribution is 7.80. The molecular formula is C10H9F2NS. The molecule has 0 unspecified atom stereocenters. The molecule has 0 N–H and O–H groups in total. The molecule has 0 bridgehead atoms. The Morgan fingerprint density at radius 1 is 1.43 bits per heavy atom. The van der Waals surface area contributed by atoms with Gasteiger partial charge in [-0.25, -0.2) is 8.78 Å². The summed E-state index contributed by atoms with van der Waals surface area (Å²) in [6.45, 7) is 0. The first kappa shape index (κ1) is 11.0. The second kappa shape index (κ2) is 4.97. The average Bonchev–Trinajstić information content (AvgIpc) is 2.15. The van der Waals surface area contributed by atoms with E-state index in [0.29, 0.717) is 17.7 Å². The SMILES string of the molecule is N#CCCc1ccc(C(F)F)cc1S. The number of aryl methyl sites for hydroxylation is 1. The summed E-state index contributed by atoms with van der Waals surface area (Å²) in [6, 6.07) is 6.32. The molecule has 1 nitrogen and oxygen atoms in total. The maximum atomic E-state index is 12.2. The zero-order chi connectivity index (χ0) is 10.6. The van der Waals surface area contributed by atoms with Gasteiger partial charge in [0.15, 0.2) is 0 Å². The second-order valence-electron chi connectivity index (χ2n) is 2.85. The van der Waals surface area contributed by atoms with Gasteiger partial charge >= 0.3 is 0 Å². The van der Waals surface area contributed by atoms with E-state index in [1.54, 1.807) is 6.07 Å². The number of hydrogen-bond donors (Lipinski definition) is 1. The van der Waals surface area contributed by atoms with Crippen molar-refractivity contribution in [3.63, 3.8) is 0 Å². The van der Waals surface area contributed by atoms with E-state index in [2.05, 4.69) is 12.6 Å². The summed E-state index contributed by atoms with van der Waals surface area (Å²) in [5.74, 6) is 0. The van der Waals surface area contributed by atoms with Gasteiger partial charge in [0.25, 0.3) is 6.43 Å². The number of nitriles is 1. The van der Waals surface area contributed by atoms with Crippen molar-refractivity contribution < 1.29 is 8.78 Å². The Morgan fingerprint density at radius 2 is 2.14 bits per heavy atom. The summed E-state index contributed by atoms with van der Waals surface area (Å²) in [6.07, 6.45) is -1.54. The third-order valence-electron chi connectivity index (χ3n) is 1.87. The largest absolute Gasteiger partial charge is 0.263 e. The van der Waals surface area contributed by atoms with Crippen LogP contribution in [0.1, 0.15) is 24.0 Å². The van der Waals surface area contributed by atoms with Crippen LogP contribution in [-0.4, -0.2) is 0 Å². The molecule has 1 aromatic rings. The van der Waals surface area contributed by atoms with E-state index in [4.69, 9.17) is 5.26 Å². The first-order chi connectivity index (χ1) is 6.65. The van der Waals surface area contributed by atoms with Crippen LogP contribution >= 0.6 is 12.6 Å². The molecular weight excluding hydrogens is 204 g/mol. The Kier molecular flexibility index (Phi) is 3.90. The topological polar surface area (TPSA) is 23.8 Å². The first-order valence-corrected chi connectivity index (χ1v) is 4.56. The predicted molar refractivity (Wildman–Crippen MR) is 52.6 cm³/mol. The lowest BCUT2D eigenvalue weighted by atomic mass is 10.1. The molecule has 0 aliphatic rings. The molecule has 1 aromatic carbocycles. The van der Waals surface area contributed by atoms with Crippen LogP contribution in [0.5, 0.6) is 0 Å². The molecule has 0 saturated carbocycles. The molecule has 0 atom stereocenters. The molecule has 0 heterocycles. The Balaban J connectivity index is 2.85. The van der Waals surface area contributed by atoms with Crippen molar-refractivity contribution in [1.29, 1.82) is 5.26 Å². The van der Waals surface area contributed by atoms with Crippen molar-refractivity contribution >= 4 is 12.6 Å². The van der Waals surface area contributed by atoms with Crippen molar-refractivity contribution in [3.05, 3.63) is 29.3 Å². The van der Waals surface area contributed by atoms with Gasteiger partial charge < -0.3 is 0 Å². The highest BCUT2D eigenvalue weighted by Crippen LogP contribution is 2.24. The van der Waals surface area contributed by atoms with Crippen LogP contribution in [0.4, 0.5) is 8.78 Å². The lowest BCUT2D eigenvalue weighted by molar-refractivity contribution is 0.151. The molecule has 1 rings (SSSR count). The number of halogens is 2. The number of benzene rings is 1. The van der Waals surface area contributed by atoms with E-state index in [-0.39, 0.29) is 5.56 Å². The molecule has 4 heteroatoms. The highest BCUT2D eigenvalue weighted by Gasteiger charge is 2.08. The first-order valence-electron chi connectivity index (χ1n) is 4.12. The molecule has 0 spiro atoms. The van der Waals surface area contributed by atoms with Gasteiger partial charge in [-0.1, -0.05) is 12.1 Å². The minimum Gasteiger partial charge on any atom is -0.205 e. The molecule has 0 aliphatic heterocycles. The molecule has 0 aromatic heterocycles. The quantitative estimate of drug-likeness (QED) is 0.764. The lowest BCUT2D eigenvalue weighted by Gasteiger charge is -2.05. The summed E-state index contributed by atoms with van der Waals surface area (Å²) in [5, 5.41) is 8.37. The van der Waals surface area contributed by atoms with E-state index in [0.717, 1.165) is 5.56 Å². The normalized spacial score (nSPS) is 10.2. The van der Waals surface area contributed by atoms with Crippen LogP contribution in [-0.2, 0) is 6.42 Å². The summed E-state index contributed by atoms with van der Waals surface area (Å²) >= 11 is 4.09. The van der Waals surface area contributed by atoms with Gasteiger partial charge in [0.2, 0.25) is 0 Å². The van der Waals surface area contributed by atoms with Gasteiger partial charge in [0.05, 0.1) is 6.07 Å². The van der Waals surface area contributed by atoms with Crippen molar-refractivity contribution in [3.8, 4) is 6.07 Å². The molecule has 0 amide bonds. The Hall–Kier alpha value is -1.08. The zero-order valence-electron chi connectivity index (χ0n) is 7.37. The van der Waals surface area contributed by atoms with E-state index < -0.39 is 6.43 Å². The van der Waals surface area contributed by atoms with Gasteiger partial charge in [-0.2, -0.15) is 5.26 Å². The van der Waals surface area contributed by atoms with Crippen LogP contribution in [0.3, 0.4) is 0 Å². The number of alkyl halides is 2. The maximum absolute atomic E-state index is 12.2. The van der Waals surface area contributed by atoms with Crippen LogP contribution in [0, 0.1) is 11.3 Å². The highest BCUT2D eigenvalue weighted by atomic mass is 32.1. The third-order valence-corrected chi connectivity index (χ3v) is 2.28. The molecule has 14 heavy (non-hydrogen) atoms. The van der Waals surface area contributed by atoms with Gasteiger partial charge in [-0.3, -0.25) is 0 Å². The summed E-state index contributed by atoms with van der Waals surface area (Å²) in [5.41, 5.74) is 0.801. The van der Waals surface area contributed by atoms with Gasteiger partial charge in [-0.15, -0.1) is 12.6 Å². The monoisotopic (exact) mass is 213 g/mol. The van der Waals surface area contributed by atoms with Crippen molar-refractivity contribution in [2.24, 2.45) is 0 Å². The maximum Gasteiger partial charge on any atom is 0.263 e. The fourth-order valence-corrected chi connectivity index (χ4v) is 1.45. The summed E-state index contributed by atoms with van der Waals surface area (Å²) < 4.78 is 24.5. The fourth-order valence-electron chi connectivity index (χ4n) is 1.12. The van der Waals surface area contributed by atoms with Crippen LogP contribution < -0.4 is 0 Å². The smallest absolute Gasteiger partial charge is 0.205 e. The Bertz CT molecular complexity index is 358. The minimum atomic E-state index is -2.47. The zero-order valence-corrected chi connectivity index (χ0v) is 8.27. The van der Waals surface area contributed by atoms with Crippen LogP contribution in [0.2, 0.25) is 0 Å². The summed E-state index contributed by atoms with van der Waals surface area (Å²) in [7, 11) is 0. The number of thiol groups is 1. The molecule has 0 radical (unpaired) electrons. The Labute approximate surface area is 86.8 Å². The molecule has 0 fully saturated rings. The minimum absolute atomic E-state index is 0.0318. The second-order valence-corrected chi connectivity index (χ2v) is 3.33. The fraction of sp³-hybridized carbons (Fsp3) is 0.300. The van der Waals surface area contributed by atoms with Gasteiger partial charge in [-0.05, 0) is 18.1 Å². The molecule has 0 aliphatic carbocycles. The van der Waals surface area contributed by atoms with Crippen LogP contribution in [0.15, 0.2) is 23.1 Å². The number of rotatable bonds is 3. The van der Waals surface area contributed by atoms with Crippen molar-refractivity contribution in [2.75, 3.05) is 0 Å². The standard InChI is InChI=1S/C10H9F2NS/c11-10(12)8-4-3-7(2-1-5-13)9(14)6-8/h3-4,6,10,14H,1-2H2. The van der Waals surface area contributed by atoms with E-state index in [1.165, 1.54) is 12.1 Å². The Morgan fingerprint density at radius 3 is 2.64 bits per heavy atom. The number of hydrogen-bond acceptors (Lipinski definition) is 2. The van der Waals surface area contributed by atoms with Gasteiger partial charge in [0.1, 0.15) is 0 Å². The van der Waals surface area contributed by atoms with E-state index >= 15 is 0 Å².